The summed E-state index contributed by atoms with van der Waals surface area (Å²) in [6.07, 6.45) is 1.75. The van der Waals surface area contributed by atoms with Gasteiger partial charge in [0.25, 0.3) is 0 Å². The molecule has 1 aliphatic rings. The highest BCUT2D eigenvalue weighted by Crippen LogP contribution is 2.48. The highest BCUT2D eigenvalue weighted by molar-refractivity contribution is 4.99. The van der Waals surface area contributed by atoms with Gasteiger partial charge < -0.3 is 5.11 Å². The third-order valence-corrected chi connectivity index (χ3v) is 2.82. The fourth-order valence-electron chi connectivity index (χ4n) is 1.81. The van der Waals surface area contributed by atoms with Gasteiger partial charge in [-0.25, -0.2) is 4.68 Å². The van der Waals surface area contributed by atoms with Crippen LogP contribution in [0.4, 0.5) is 0 Å². The lowest BCUT2D eigenvalue weighted by Crippen LogP contribution is -2.09. The van der Waals surface area contributed by atoms with Crippen LogP contribution in [0.5, 0.6) is 0 Å². The van der Waals surface area contributed by atoms with E-state index in [1.807, 2.05) is 0 Å². The van der Waals surface area contributed by atoms with Gasteiger partial charge >= 0.3 is 0 Å². The van der Waals surface area contributed by atoms with Gasteiger partial charge in [-0.2, -0.15) is 0 Å². The average Bonchev–Trinajstić information content (AvgIpc) is 2.80. The molecular weight excluding hydrogens is 168 g/mol. The Kier molecular flexibility index (Phi) is 2.03. The second-order valence-corrected chi connectivity index (χ2v) is 3.67. The summed E-state index contributed by atoms with van der Waals surface area (Å²) in [6.45, 7) is 2.15. The van der Waals surface area contributed by atoms with Gasteiger partial charge in [-0.3, -0.25) is 0 Å². The van der Waals surface area contributed by atoms with Crippen molar-refractivity contribution in [2.75, 3.05) is 0 Å². The molecule has 3 atom stereocenters. The maximum absolute atomic E-state index is 9.87. The van der Waals surface area contributed by atoms with Crippen LogP contribution < -0.4 is 0 Å². The molecule has 1 N–H and O–H groups in total. The van der Waals surface area contributed by atoms with Crippen LogP contribution in [0.1, 0.15) is 31.7 Å². The van der Waals surface area contributed by atoms with Gasteiger partial charge in [-0.05, 0) is 28.7 Å². The molecule has 1 aromatic rings. The second kappa shape index (κ2) is 3.06. The minimum absolute atomic E-state index is 0.370. The van der Waals surface area contributed by atoms with E-state index in [2.05, 4.69) is 22.4 Å². The molecule has 13 heavy (non-hydrogen) atoms. The minimum atomic E-state index is -0.482. The topological polar surface area (TPSA) is 63.8 Å². The smallest absolute Gasteiger partial charge is 0.180 e. The van der Waals surface area contributed by atoms with Crippen LogP contribution in [0, 0.1) is 11.8 Å². The van der Waals surface area contributed by atoms with Crippen molar-refractivity contribution < 1.29 is 5.11 Å². The number of aliphatic hydroxyl groups is 1. The summed E-state index contributed by atoms with van der Waals surface area (Å²) in [5.41, 5.74) is 0. The van der Waals surface area contributed by atoms with Crippen molar-refractivity contribution in [3.63, 3.8) is 0 Å². The molecule has 1 aromatic heterocycles. The Morgan fingerprint density at radius 1 is 1.69 bits per heavy atom. The van der Waals surface area contributed by atoms with Crippen LogP contribution in [-0.2, 0) is 7.05 Å². The minimum Gasteiger partial charge on any atom is -0.385 e. The van der Waals surface area contributed by atoms with Crippen molar-refractivity contribution in [3.8, 4) is 0 Å². The van der Waals surface area contributed by atoms with E-state index in [1.165, 1.54) is 4.68 Å². The lowest BCUT2D eigenvalue weighted by Gasteiger charge is -2.06. The molecule has 1 saturated carbocycles. The molecular formula is C8H14N4O. The SMILES string of the molecule is CC[C@@H]1C[C@H]1C(O)c1nnnn1C. The number of nitrogens with zero attached hydrogens (tertiary/aromatic N) is 4. The van der Waals surface area contributed by atoms with Crippen molar-refractivity contribution in [1.82, 2.24) is 20.2 Å². The van der Waals surface area contributed by atoms with Crippen molar-refractivity contribution in [1.29, 1.82) is 0 Å². The zero-order chi connectivity index (χ0) is 9.42. The number of tetrazole rings is 1. The molecule has 1 fully saturated rings. The normalized spacial score (nSPS) is 28.8. The zero-order valence-electron chi connectivity index (χ0n) is 7.88. The van der Waals surface area contributed by atoms with E-state index < -0.39 is 6.10 Å². The van der Waals surface area contributed by atoms with Crippen molar-refractivity contribution in [3.05, 3.63) is 5.82 Å². The monoisotopic (exact) mass is 182 g/mol. The molecule has 0 aliphatic heterocycles. The summed E-state index contributed by atoms with van der Waals surface area (Å²) in [5.74, 6) is 1.61. The third kappa shape index (κ3) is 1.44. The van der Waals surface area contributed by atoms with E-state index >= 15 is 0 Å². The van der Waals surface area contributed by atoms with E-state index in [0.717, 1.165) is 12.8 Å². The Labute approximate surface area is 76.8 Å². The van der Waals surface area contributed by atoms with Gasteiger partial charge in [0.15, 0.2) is 5.82 Å². The van der Waals surface area contributed by atoms with Gasteiger partial charge in [-0.1, -0.05) is 13.3 Å². The summed E-state index contributed by atoms with van der Waals surface area (Å²) in [7, 11) is 1.75. The number of aliphatic hydroxyl groups excluding tert-OH is 1. The molecule has 5 nitrogen and oxygen atoms in total. The first-order valence-corrected chi connectivity index (χ1v) is 4.64. The molecule has 0 radical (unpaired) electrons. The maximum Gasteiger partial charge on any atom is 0.180 e. The van der Waals surface area contributed by atoms with Gasteiger partial charge in [-0.15, -0.1) is 5.10 Å². The molecule has 2 rings (SSSR count). The molecule has 0 spiro atoms. The highest BCUT2D eigenvalue weighted by Gasteiger charge is 2.43. The Morgan fingerprint density at radius 2 is 2.46 bits per heavy atom. The van der Waals surface area contributed by atoms with Gasteiger partial charge in [0, 0.05) is 7.05 Å². The fraction of sp³-hybridized carbons (Fsp3) is 0.875. The fourth-order valence-corrected chi connectivity index (χ4v) is 1.81. The Morgan fingerprint density at radius 3 is 2.92 bits per heavy atom. The maximum atomic E-state index is 9.87. The zero-order valence-corrected chi connectivity index (χ0v) is 7.88. The van der Waals surface area contributed by atoms with Gasteiger partial charge in [0.05, 0.1) is 0 Å². The highest BCUT2D eigenvalue weighted by atomic mass is 16.3. The molecule has 0 saturated heterocycles. The Balaban J connectivity index is 2.06. The lowest BCUT2D eigenvalue weighted by atomic mass is 10.1. The molecule has 0 amide bonds. The van der Waals surface area contributed by atoms with E-state index in [0.29, 0.717) is 17.7 Å². The second-order valence-electron chi connectivity index (χ2n) is 3.67. The molecule has 0 bridgehead atoms. The molecule has 1 aliphatic carbocycles. The number of hydrogen-bond acceptors (Lipinski definition) is 4. The van der Waals surface area contributed by atoms with E-state index in [9.17, 15) is 5.11 Å². The lowest BCUT2D eigenvalue weighted by molar-refractivity contribution is 0.132. The van der Waals surface area contributed by atoms with Crippen molar-refractivity contribution in [2.45, 2.75) is 25.9 Å². The number of aromatic nitrogens is 4. The third-order valence-electron chi connectivity index (χ3n) is 2.82. The number of rotatable bonds is 3. The molecule has 72 valence electrons. The standard InChI is InChI=1S/C8H14N4O/c1-3-5-4-6(5)7(13)8-9-10-11-12(8)2/h5-7,13H,3-4H2,1-2H3/t5-,6-,7?/m1/s1. The van der Waals surface area contributed by atoms with E-state index in [4.69, 9.17) is 0 Å². The van der Waals surface area contributed by atoms with Gasteiger partial charge in [0.2, 0.25) is 0 Å². The predicted octanol–water partition coefficient (Wildman–Crippen LogP) is 0.290. The summed E-state index contributed by atoms with van der Waals surface area (Å²) in [4.78, 5) is 0. The van der Waals surface area contributed by atoms with Crippen LogP contribution in [0.25, 0.3) is 0 Å². The van der Waals surface area contributed by atoms with Gasteiger partial charge in [0.1, 0.15) is 6.10 Å². The van der Waals surface area contributed by atoms with Crippen LogP contribution in [0.2, 0.25) is 0 Å². The summed E-state index contributed by atoms with van der Waals surface area (Å²) >= 11 is 0. The van der Waals surface area contributed by atoms with Crippen LogP contribution in [0.15, 0.2) is 0 Å². The summed E-state index contributed by atoms with van der Waals surface area (Å²) in [6, 6.07) is 0. The number of aryl methyl sites for hydroxylation is 1. The molecule has 1 heterocycles. The van der Waals surface area contributed by atoms with Crippen molar-refractivity contribution >= 4 is 0 Å². The van der Waals surface area contributed by atoms with E-state index in [-0.39, 0.29) is 0 Å². The molecule has 0 aromatic carbocycles. The largest absolute Gasteiger partial charge is 0.385 e. The average molecular weight is 182 g/mol. The molecule has 5 heteroatoms. The van der Waals surface area contributed by atoms with Crippen LogP contribution in [-0.4, -0.2) is 25.3 Å². The Hall–Kier alpha value is -0.970. The van der Waals surface area contributed by atoms with Crippen LogP contribution >= 0.6 is 0 Å². The van der Waals surface area contributed by atoms with Crippen LogP contribution in [0.3, 0.4) is 0 Å². The first-order chi connectivity index (χ1) is 6.24. The predicted molar refractivity (Wildman–Crippen MR) is 45.6 cm³/mol. The molecule has 1 unspecified atom stereocenters. The summed E-state index contributed by atoms with van der Waals surface area (Å²) in [5, 5.41) is 20.9. The van der Waals surface area contributed by atoms with E-state index in [1.54, 1.807) is 7.05 Å². The Bertz CT molecular complexity index is 298. The van der Waals surface area contributed by atoms with Crippen molar-refractivity contribution in [2.24, 2.45) is 18.9 Å². The number of hydrogen-bond donors (Lipinski definition) is 1. The first kappa shape index (κ1) is 8.62. The quantitative estimate of drug-likeness (QED) is 0.729. The summed E-state index contributed by atoms with van der Waals surface area (Å²) < 4.78 is 1.54. The first-order valence-electron chi connectivity index (χ1n) is 4.64.